The summed E-state index contributed by atoms with van der Waals surface area (Å²) in [7, 11) is 0. The van der Waals surface area contributed by atoms with E-state index >= 15 is 0 Å². The second-order valence-electron chi connectivity index (χ2n) is 5.72. The fourth-order valence-electron chi connectivity index (χ4n) is 2.76. The van der Waals surface area contributed by atoms with Crippen LogP contribution in [0.25, 0.3) is 0 Å². The molecule has 1 aliphatic carbocycles. The zero-order valence-corrected chi connectivity index (χ0v) is 11.8. The molecule has 1 aromatic carbocycles. The van der Waals surface area contributed by atoms with Crippen molar-refractivity contribution in [1.29, 1.82) is 0 Å². The van der Waals surface area contributed by atoms with Crippen LogP contribution in [0.15, 0.2) is 24.3 Å². The number of hydrogen-bond donors (Lipinski definition) is 1. The van der Waals surface area contributed by atoms with Gasteiger partial charge in [-0.05, 0) is 37.0 Å². The molecule has 1 aromatic rings. The third-order valence-corrected chi connectivity index (χ3v) is 4.12. The van der Waals surface area contributed by atoms with E-state index in [2.05, 4.69) is 12.2 Å². The highest BCUT2D eigenvalue weighted by molar-refractivity contribution is 5.97. The van der Waals surface area contributed by atoms with Crippen LogP contribution in [0.3, 0.4) is 0 Å². The number of nitrogens with zero attached hydrogens (tertiary/aromatic N) is 1. The molecule has 1 saturated carbocycles. The number of nitrogens with one attached hydrogen (secondary N) is 1. The highest BCUT2D eigenvalue weighted by Crippen LogP contribution is 2.32. The Kier molecular flexibility index (Phi) is 3.47. The van der Waals surface area contributed by atoms with E-state index in [0.717, 1.165) is 24.9 Å². The first-order chi connectivity index (χ1) is 9.67. The summed E-state index contributed by atoms with van der Waals surface area (Å²) in [5.74, 6) is -0.0990. The van der Waals surface area contributed by atoms with E-state index in [4.69, 9.17) is 0 Å². The first-order valence-electron chi connectivity index (χ1n) is 7.36. The third kappa shape index (κ3) is 2.69. The zero-order valence-electron chi connectivity index (χ0n) is 11.8. The number of likely N-dealkylation sites (tertiary alicyclic amines) is 1. The Labute approximate surface area is 119 Å². The minimum atomic E-state index is -0.201. The average molecular weight is 272 g/mol. The SMILES string of the molecule is CCc1cccc(NC(=O)C2CC(=O)N(C3CC3)C2)c1. The van der Waals surface area contributed by atoms with Gasteiger partial charge >= 0.3 is 0 Å². The summed E-state index contributed by atoms with van der Waals surface area (Å²) in [5, 5.41) is 2.94. The third-order valence-electron chi connectivity index (χ3n) is 4.12. The van der Waals surface area contributed by atoms with Crippen molar-refractivity contribution in [3.63, 3.8) is 0 Å². The van der Waals surface area contributed by atoms with E-state index in [1.54, 1.807) is 0 Å². The number of benzene rings is 1. The van der Waals surface area contributed by atoms with Crippen LogP contribution >= 0.6 is 0 Å². The van der Waals surface area contributed by atoms with Crippen molar-refractivity contribution in [3.8, 4) is 0 Å². The molecule has 4 nitrogen and oxygen atoms in total. The Balaban J connectivity index is 1.63. The average Bonchev–Trinajstić information content (AvgIpc) is 3.21. The Morgan fingerprint density at radius 1 is 1.40 bits per heavy atom. The lowest BCUT2D eigenvalue weighted by Crippen LogP contribution is -2.29. The van der Waals surface area contributed by atoms with Gasteiger partial charge in [0.25, 0.3) is 0 Å². The molecule has 1 unspecified atom stereocenters. The van der Waals surface area contributed by atoms with Gasteiger partial charge < -0.3 is 10.2 Å². The van der Waals surface area contributed by atoms with Crippen molar-refractivity contribution in [2.24, 2.45) is 5.92 Å². The van der Waals surface area contributed by atoms with Crippen LogP contribution in [0.2, 0.25) is 0 Å². The number of hydrogen-bond acceptors (Lipinski definition) is 2. The smallest absolute Gasteiger partial charge is 0.229 e. The molecule has 1 saturated heterocycles. The molecule has 0 spiro atoms. The molecule has 106 valence electrons. The lowest BCUT2D eigenvalue weighted by atomic mass is 10.1. The molecule has 1 aliphatic heterocycles. The molecule has 2 amide bonds. The van der Waals surface area contributed by atoms with E-state index < -0.39 is 0 Å². The van der Waals surface area contributed by atoms with E-state index in [0.29, 0.717) is 19.0 Å². The molecule has 1 atom stereocenters. The van der Waals surface area contributed by atoms with Crippen LogP contribution in [0, 0.1) is 5.92 Å². The number of aryl methyl sites for hydroxylation is 1. The molecule has 2 aliphatic rings. The maximum Gasteiger partial charge on any atom is 0.229 e. The molecular formula is C16H20N2O2. The first kappa shape index (κ1) is 13.2. The molecular weight excluding hydrogens is 252 g/mol. The van der Waals surface area contributed by atoms with Crippen LogP contribution in [0.5, 0.6) is 0 Å². The van der Waals surface area contributed by atoms with Crippen LogP contribution in [0.1, 0.15) is 31.7 Å². The van der Waals surface area contributed by atoms with Crippen LogP contribution in [-0.2, 0) is 16.0 Å². The number of carbonyl (C=O) groups excluding carboxylic acids is 2. The van der Waals surface area contributed by atoms with Gasteiger partial charge in [-0.1, -0.05) is 19.1 Å². The monoisotopic (exact) mass is 272 g/mol. The van der Waals surface area contributed by atoms with Gasteiger partial charge in [-0.15, -0.1) is 0 Å². The van der Waals surface area contributed by atoms with Crippen molar-refractivity contribution in [2.45, 2.75) is 38.6 Å². The molecule has 1 heterocycles. The van der Waals surface area contributed by atoms with E-state index in [9.17, 15) is 9.59 Å². The minimum Gasteiger partial charge on any atom is -0.339 e. The topological polar surface area (TPSA) is 49.4 Å². The Bertz CT molecular complexity index is 537. The summed E-state index contributed by atoms with van der Waals surface area (Å²) < 4.78 is 0. The Hall–Kier alpha value is -1.84. The van der Waals surface area contributed by atoms with Crippen molar-refractivity contribution in [3.05, 3.63) is 29.8 Å². The normalized spacial score (nSPS) is 22.1. The number of carbonyl (C=O) groups is 2. The molecule has 20 heavy (non-hydrogen) atoms. The quantitative estimate of drug-likeness (QED) is 0.913. The predicted octanol–water partition coefficient (Wildman–Crippen LogP) is 2.20. The predicted molar refractivity (Wildman–Crippen MR) is 77.3 cm³/mol. The Morgan fingerprint density at radius 2 is 2.20 bits per heavy atom. The van der Waals surface area contributed by atoms with Gasteiger partial charge in [-0.3, -0.25) is 9.59 Å². The molecule has 2 fully saturated rings. The van der Waals surface area contributed by atoms with Gasteiger partial charge in [-0.2, -0.15) is 0 Å². The largest absolute Gasteiger partial charge is 0.339 e. The molecule has 3 rings (SSSR count). The second kappa shape index (κ2) is 5.27. The number of rotatable bonds is 4. The second-order valence-corrected chi connectivity index (χ2v) is 5.72. The lowest BCUT2D eigenvalue weighted by molar-refractivity contribution is -0.128. The van der Waals surface area contributed by atoms with Gasteiger partial charge in [0.15, 0.2) is 0 Å². The first-order valence-corrected chi connectivity index (χ1v) is 7.36. The fraction of sp³-hybridized carbons (Fsp3) is 0.500. The minimum absolute atomic E-state index is 0.0326. The summed E-state index contributed by atoms with van der Waals surface area (Å²) >= 11 is 0. The van der Waals surface area contributed by atoms with Gasteiger partial charge in [-0.25, -0.2) is 0 Å². The maximum absolute atomic E-state index is 12.3. The molecule has 4 heteroatoms. The van der Waals surface area contributed by atoms with Gasteiger partial charge in [0.2, 0.25) is 11.8 Å². The summed E-state index contributed by atoms with van der Waals surface area (Å²) in [5.41, 5.74) is 2.02. The van der Waals surface area contributed by atoms with E-state index in [1.807, 2.05) is 29.2 Å². The molecule has 0 radical (unpaired) electrons. The van der Waals surface area contributed by atoms with Crippen molar-refractivity contribution in [1.82, 2.24) is 4.90 Å². The van der Waals surface area contributed by atoms with Gasteiger partial charge in [0.05, 0.1) is 5.92 Å². The van der Waals surface area contributed by atoms with E-state index in [-0.39, 0.29) is 17.7 Å². The highest BCUT2D eigenvalue weighted by atomic mass is 16.2. The molecule has 0 aromatic heterocycles. The molecule has 1 N–H and O–H groups in total. The fourth-order valence-corrected chi connectivity index (χ4v) is 2.76. The van der Waals surface area contributed by atoms with Crippen molar-refractivity contribution >= 4 is 17.5 Å². The van der Waals surface area contributed by atoms with Gasteiger partial charge in [0, 0.05) is 24.7 Å². The van der Waals surface area contributed by atoms with Crippen LogP contribution in [-0.4, -0.2) is 29.3 Å². The summed E-state index contributed by atoms with van der Waals surface area (Å²) in [6.45, 7) is 2.67. The summed E-state index contributed by atoms with van der Waals surface area (Å²) in [6.07, 6.45) is 3.49. The number of amides is 2. The summed E-state index contributed by atoms with van der Waals surface area (Å²) in [4.78, 5) is 26.0. The number of anilines is 1. The maximum atomic E-state index is 12.3. The standard InChI is InChI=1S/C16H20N2O2/c1-2-11-4-3-5-13(8-11)17-16(20)12-9-15(19)18(10-12)14-6-7-14/h3-5,8,12,14H,2,6-7,9-10H2,1H3,(H,17,20). The highest BCUT2D eigenvalue weighted by Gasteiger charge is 2.41. The van der Waals surface area contributed by atoms with Crippen LogP contribution in [0.4, 0.5) is 5.69 Å². The Morgan fingerprint density at radius 3 is 2.90 bits per heavy atom. The summed E-state index contributed by atoms with van der Waals surface area (Å²) in [6, 6.07) is 8.29. The lowest BCUT2D eigenvalue weighted by Gasteiger charge is -2.15. The van der Waals surface area contributed by atoms with Crippen molar-refractivity contribution < 1.29 is 9.59 Å². The molecule has 0 bridgehead atoms. The van der Waals surface area contributed by atoms with Crippen LogP contribution < -0.4 is 5.32 Å². The van der Waals surface area contributed by atoms with E-state index in [1.165, 1.54) is 5.56 Å². The van der Waals surface area contributed by atoms with Crippen molar-refractivity contribution in [2.75, 3.05) is 11.9 Å². The van der Waals surface area contributed by atoms with Gasteiger partial charge in [0.1, 0.15) is 0 Å². The zero-order chi connectivity index (χ0) is 14.1.